The molecule has 0 aliphatic carbocycles. The van der Waals surface area contributed by atoms with Gasteiger partial charge in [-0.25, -0.2) is 4.39 Å². The Hall–Kier alpha value is -1.13. The average molecular weight is 260 g/mol. The molecule has 17 heavy (non-hydrogen) atoms. The number of amides is 1. The van der Waals surface area contributed by atoms with Crippen LogP contribution in [0.2, 0.25) is 5.02 Å². The Morgan fingerprint density at radius 3 is 2.65 bits per heavy atom. The fourth-order valence-corrected chi connectivity index (χ4v) is 1.29. The summed E-state index contributed by atoms with van der Waals surface area (Å²) >= 11 is 5.77. The summed E-state index contributed by atoms with van der Waals surface area (Å²) in [4.78, 5) is 11.5. The Morgan fingerprint density at radius 1 is 1.47 bits per heavy atom. The molecule has 0 bridgehead atoms. The zero-order valence-corrected chi connectivity index (χ0v) is 10.8. The van der Waals surface area contributed by atoms with Crippen molar-refractivity contribution in [3.05, 3.63) is 29.0 Å². The number of anilines is 1. The van der Waals surface area contributed by atoms with Crippen molar-refractivity contribution in [3.63, 3.8) is 0 Å². The van der Waals surface area contributed by atoms with Gasteiger partial charge in [-0.15, -0.1) is 0 Å². The SMILES string of the molecule is CC(C)(C)OCC(=O)Nc1c(F)cccc1Cl. The molecule has 0 spiro atoms. The van der Waals surface area contributed by atoms with Crippen LogP contribution in [0, 0.1) is 5.82 Å². The van der Waals surface area contributed by atoms with Crippen LogP contribution in [-0.4, -0.2) is 18.1 Å². The van der Waals surface area contributed by atoms with Crippen molar-refractivity contribution in [2.75, 3.05) is 11.9 Å². The van der Waals surface area contributed by atoms with Crippen molar-refractivity contribution in [2.24, 2.45) is 0 Å². The van der Waals surface area contributed by atoms with Crippen LogP contribution in [0.1, 0.15) is 20.8 Å². The number of carbonyl (C=O) groups excluding carboxylic acids is 1. The van der Waals surface area contributed by atoms with E-state index in [9.17, 15) is 9.18 Å². The second kappa shape index (κ2) is 5.47. The summed E-state index contributed by atoms with van der Waals surface area (Å²) in [6.07, 6.45) is 0. The molecule has 1 aromatic carbocycles. The lowest BCUT2D eigenvalue weighted by atomic mass is 10.2. The van der Waals surface area contributed by atoms with E-state index in [1.165, 1.54) is 18.2 Å². The summed E-state index contributed by atoms with van der Waals surface area (Å²) in [6.45, 7) is 5.34. The minimum atomic E-state index is -0.568. The second-order valence-electron chi connectivity index (χ2n) is 4.55. The quantitative estimate of drug-likeness (QED) is 0.905. The van der Waals surface area contributed by atoms with Crippen molar-refractivity contribution < 1.29 is 13.9 Å². The van der Waals surface area contributed by atoms with E-state index < -0.39 is 17.3 Å². The number of ether oxygens (including phenoxy) is 1. The van der Waals surface area contributed by atoms with Gasteiger partial charge in [-0.1, -0.05) is 17.7 Å². The molecule has 0 fully saturated rings. The van der Waals surface area contributed by atoms with Gasteiger partial charge in [0.1, 0.15) is 12.4 Å². The maximum atomic E-state index is 13.3. The summed E-state index contributed by atoms with van der Waals surface area (Å²) in [6, 6.07) is 4.20. The Bertz CT molecular complexity index is 395. The molecule has 0 saturated heterocycles. The van der Waals surface area contributed by atoms with E-state index >= 15 is 0 Å². The van der Waals surface area contributed by atoms with E-state index in [4.69, 9.17) is 16.3 Å². The summed E-state index contributed by atoms with van der Waals surface area (Å²) in [5.41, 5.74) is -0.437. The summed E-state index contributed by atoms with van der Waals surface area (Å²) in [5, 5.41) is 2.54. The van der Waals surface area contributed by atoms with Gasteiger partial charge in [-0.05, 0) is 32.9 Å². The second-order valence-corrected chi connectivity index (χ2v) is 4.95. The lowest BCUT2D eigenvalue weighted by Gasteiger charge is -2.19. The van der Waals surface area contributed by atoms with Crippen LogP contribution in [0.25, 0.3) is 0 Å². The van der Waals surface area contributed by atoms with E-state index in [0.29, 0.717) is 0 Å². The number of rotatable bonds is 3. The number of hydrogen-bond donors (Lipinski definition) is 1. The number of para-hydroxylation sites is 1. The molecule has 0 aromatic heterocycles. The molecule has 0 aliphatic rings. The zero-order valence-electron chi connectivity index (χ0n) is 10.0. The van der Waals surface area contributed by atoms with Crippen molar-refractivity contribution in [1.82, 2.24) is 0 Å². The lowest BCUT2D eigenvalue weighted by Crippen LogP contribution is -2.27. The number of nitrogens with one attached hydrogen (secondary N) is 1. The molecule has 0 unspecified atom stereocenters. The normalized spacial score (nSPS) is 11.4. The van der Waals surface area contributed by atoms with E-state index in [-0.39, 0.29) is 17.3 Å². The third-order valence-corrected chi connectivity index (χ3v) is 2.18. The van der Waals surface area contributed by atoms with Gasteiger partial charge in [0, 0.05) is 0 Å². The largest absolute Gasteiger partial charge is 0.366 e. The molecule has 1 amide bonds. The molecule has 94 valence electrons. The molecular weight excluding hydrogens is 245 g/mol. The van der Waals surface area contributed by atoms with Crippen LogP contribution >= 0.6 is 11.6 Å². The van der Waals surface area contributed by atoms with Gasteiger partial charge < -0.3 is 10.1 Å². The standard InChI is InChI=1S/C12H15ClFNO2/c1-12(2,3)17-7-10(16)15-11-8(13)5-4-6-9(11)14/h4-6H,7H2,1-3H3,(H,15,16). The van der Waals surface area contributed by atoms with Crippen molar-refractivity contribution in [1.29, 1.82) is 0 Å². The first-order valence-electron chi connectivity index (χ1n) is 5.17. The molecule has 5 heteroatoms. The topological polar surface area (TPSA) is 38.3 Å². The van der Waals surface area contributed by atoms with Gasteiger partial charge in [0.25, 0.3) is 5.91 Å². The highest BCUT2D eigenvalue weighted by molar-refractivity contribution is 6.33. The number of carbonyl (C=O) groups is 1. The molecule has 1 aromatic rings. The maximum Gasteiger partial charge on any atom is 0.250 e. The minimum Gasteiger partial charge on any atom is -0.366 e. The fourth-order valence-electron chi connectivity index (χ4n) is 1.07. The molecule has 1 N–H and O–H groups in total. The zero-order chi connectivity index (χ0) is 13.1. The minimum absolute atomic E-state index is 0.0170. The first kappa shape index (κ1) is 13.9. The van der Waals surface area contributed by atoms with Gasteiger partial charge in [-0.2, -0.15) is 0 Å². The molecule has 0 atom stereocenters. The van der Waals surface area contributed by atoms with Crippen LogP contribution in [0.3, 0.4) is 0 Å². The van der Waals surface area contributed by atoms with Gasteiger partial charge in [0.15, 0.2) is 0 Å². The number of hydrogen-bond acceptors (Lipinski definition) is 2. The van der Waals surface area contributed by atoms with Crippen molar-refractivity contribution in [3.8, 4) is 0 Å². The molecular formula is C12H15ClFNO2. The van der Waals surface area contributed by atoms with Gasteiger partial charge in [0.2, 0.25) is 0 Å². The lowest BCUT2D eigenvalue weighted by molar-refractivity contribution is -0.125. The Labute approximate surface area is 105 Å². The Kier molecular flexibility index (Phi) is 4.48. The Morgan fingerprint density at radius 2 is 2.12 bits per heavy atom. The van der Waals surface area contributed by atoms with Crippen LogP contribution in [0.4, 0.5) is 10.1 Å². The fraction of sp³-hybridized carbons (Fsp3) is 0.417. The van der Waals surface area contributed by atoms with E-state index in [2.05, 4.69) is 5.32 Å². The monoisotopic (exact) mass is 259 g/mol. The molecule has 3 nitrogen and oxygen atoms in total. The first-order valence-corrected chi connectivity index (χ1v) is 5.55. The smallest absolute Gasteiger partial charge is 0.250 e. The average Bonchev–Trinajstić information content (AvgIpc) is 2.20. The molecule has 1 rings (SSSR count). The van der Waals surface area contributed by atoms with Gasteiger partial charge in [0.05, 0.1) is 16.3 Å². The highest BCUT2D eigenvalue weighted by Gasteiger charge is 2.15. The van der Waals surface area contributed by atoms with Crippen LogP contribution in [0.5, 0.6) is 0 Å². The first-order chi connectivity index (χ1) is 7.79. The highest BCUT2D eigenvalue weighted by Crippen LogP contribution is 2.24. The van der Waals surface area contributed by atoms with Crippen LogP contribution in [0.15, 0.2) is 18.2 Å². The van der Waals surface area contributed by atoms with Crippen molar-refractivity contribution >= 4 is 23.2 Å². The third kappa shape index (κ3) is 4.71. The summed E-state index contributed by atoms with van der Waals surface area (Å²) in [7, 11) is 0. The van der Waals surface area contributed by atoms with Crippen LogP contribution < -0.4 is 5.32 Å². The van der Waals surface area contributed by atoms with Gasteiger partial charge >= 0.3 is 0 Å². The molecule has 0 heterocycles. The van der Waals surface area contributed by atoms with E-state index in [0.717, 1.165) is 0 Å². The van der Waals surface area contributed by atoms with E-state index in [1.54, 1.807) is 0 Å². The highest BCUT2D eigenvalue weighted by atomic mass is 35.5. The number of benzene rings is 1. The summed E-state index contributed by atoms with van der Waals surface area (Å²) in [5.74, 6) is -1.01. The molecule has 0 radical (unpaired) electrons. The predicted octanol–water partition coefficient (Wildman–Crippen LogP) is 3.23. The van der Waals surface area contributed by atoms with Gasteiger partial charge in [-0.3, -0.25) is 4.79 Å². The predicted molar refractivity (Wildman–Crippen MR) is 65.7 cm³/mol. The van der Waals surface area contributed by atoms with Crippen LogP contribution in [-0.2, 0) is 9.53 Å². The maximum absolute atomic E-state index is 13.3. The van der Waals surface area contributed by atoms with E-state index in [1.807, 2.05) is 20.8 Å². The Balaban J connectivity index is 2.63. The van der Waals surface area contributed by atoms with Crippen molar-refractivity contribution in [2.45, 2.75) is 26.4 Å². The summed E-state index contributed by atoms with van der Waals surface area (Å²) < 4.78 is 18.6. The number of halogens is 2. The molecule has 0 aliphatic heterocycles. The third-order valence-electron chi connectivity index (χ3n) is 1.86. The molecule has 0 saturated carbocycles.